The van der Waals surface area contributed by atoms with Gasteiger partial charge in [0.05, 0.1) is 17.7 Å². The Morgan fingerprint density at radius 1 is 1.14 bits per heavy atom. The van der Waals surface area contributed by atoms with Crippen molar-refractivity contribution in [2.75, 3.05) is 19.0 Å². The number of esters is 1. The van der Waals surface area contributed by atoms with E-state index >= 15 is 0 Å². The molecule has 0 saturated heterocycles. The second-order valence-electron chi connectivity index (χ2n) is 4.34. The summed E-state index contributed by atoms with van der Waals surface area (Å²) in [6.45, 7) is -0.402. The van der Waals surface area contributed by atoms with E-state index in [0.717, 1.165) is 0 Å². The molecule has 6 heteroatoms. The lowest BCUT2D eigenvalue weighted by atomic mass is 10.2. The van der Waals surface area contributed by atoms with Crippen molar-refractivity contribution in [2.24, 2.45) is 0 Å². The Balaban J connectivity index is 1.90. The number of carbonyl (C=O) groups excluding carboxylic acids is 2. The zero-order valence-electron chi connectivity index (χ0n) is 11.8. The Kier molecular flexibility index (Phi) is 5.38. The summed E-state index contributed by atoms with van der Waals surface area (Å²) in [6, 6.07) is 13.3. The molecule has 0 saturated carbocycles. The molecule has 0 fully saturated rings. The van der Waals surface area contributed by atoms with E-state index in [9.17, 15) is 9.59 Å². The van der Waals surface area contributed by atoms with Gasteiger partial charge in [-0.15, -0.1) is 0 Å². The Labute approximate surface area is 132 Å². The van der Waals surface area contributed by atoms with Gasteiger partial charge in [-0.2, -0.15) is 0 Å². The minimum atomic E-state index is -0.647. The molecule has 0 aliphatic rings. The van der Waals surface area contributed by atoms with E-state index in [1.165, 1.54) is 13.2 Å². The molecular weight excluding hydrogens is 306 g/mol. The fourth-order valence-corrected chi connectivity index (χ4v) is 1.95. The molecule has 2 aromatic carbocycles. The predicted octanol–water partition coefficient (Wildman–Crippen LogP) is 3.14. The van der Waals surface area contributed by atoms with Crippen LogP contribution in [-0.4, -0.2) is 25.6 Å². The highest BCUT2D eigenvalue weighted by Crippen LogP contribution is 2.17. The summed E-state index contributed by atoms with van der Waals surface area (Å²) in [7, 11) is 1.53. The van der Waals surface area contributed by atoms with Gasteiger partial charge in [-0.25, -0.2) is 4.79 Å². The van der Waals surface area contributed by atoms with Crippen molar-refractivity contribution in [3.05, 3.63) is 59.1 Å². The van der Waals surface area contributed by atoms with Gasteiger partial charge in [0.25, 0.3) is 5.91 Å². The summed E-state index contributed by atoms with van der Waals surface area (Å²) >= 11 is 5.88. The molecule has 0 atom stereocenters. The quantitative estimate of drug-likeness (QED) is 0.860. The zero-order valence-corrected chi connectivity index (χ0v) is 12.6. The van der Waals surface area contributed by atoms with Gasteiger partial charge in [0.15, 0.2) is 6.61 Å². The maximum atomic E-state index is 11.8. The lowest BCUT2D eigenvalue weighted by Gasteiger charge is -2.08. The van der Waals surface area contributed by atoms with Gasteiger partial charge in [-0.1, -0.05) is 29.8 Å². The van der Waals surface area contributed by atoms with E-state index < -0.39 is 18.5 Å². The molecule has 2 aromatic rings. The molecule has 0 bridgehead atoms. The number of hydrogen-bond donors (Lipinski definition) is 1. The first-order chi connectivity index (χ1) is 10.6. The van der Waals surface area contributed by atoms with Crippen LogP contribution in [0.25, 0.3) is 0 Å². The number of anilines is 1. The van der Waals surface area contributed by atoms with Gasteiger partial charge in [0.2, 0.25) is 0 Å². The number of methoxy groups -OCH3 is 1. The van der Waals surface area contributed by atoms with Crippen molar-refractivity contribution in [3.63, 3.8) is 0 Å². The van der Waals surface area contributed by atoms with Crippen LogP contribution in [0.1, 0.15) is 10.4 Å². The van der Waals surface area contributed by atoms with Crippen LogP contribution in [-0.2, 0) is 9.53 Å². The van der Waals surface area contributed by atoms with Crippen LogP contribution < -0.4 is 10.1 Å². The average Bonchev–Trinajstić information content (AvgIpc) is 2.53. The Morgan fingerprint density at radius 2 is 1.91 bits per heavy atom. The smallest absolute Gasteiger partial charge is 0.340 e. The minimum Gasteiger partial charge on any atom is -0.497 e. The third-order valence-corrected chi connectivity index (χ3v) is 3.11. The number of carbonyl (C=O) groups is 2. The number of halogens is 1. The van der Waals surface area contributed by atoms with Crippen LogP contribution in [0.2, 0.25) is 5.02 Å². The predicted molar refractivity (Wildman–Crippen MR) is 83.4 cm³/mol. The number of ether oxygens (including phenoxy) is 2. The molecule has 0 aliphatic heterocycles. The van der Waals surface area contributed by atoms with E-state index in [1.54, 1.807) is 42.5 Å². The summed E-state index contributed by atoms with van der Waals surface area (Å²) < 4.78 is 9.99. The van der Waals surface area contributed by atoms with E-state index in [4.69, 9.17) is 21.1 Å². The SMILES string of the molecule is COc1cccc(NC(=O)COC(=O)c2ccccc2Cl)c1. The van der Waals surface area contributed by atoms with Crippen molar-refractivity contribution in [1.29, 1.82) is 0 Å². The molecule has 0 aromatic heterocycles. The number of nitrogens with one attached hydrogen (secondary N) is 1. The fourth-order valence-electron chi connectivity index (χ4n) is 1.73. The minimum absolute atomic E-state index is 0.221. The number of rotatable bonds is 5. The maximum absolute atomic E-state index is 11.8. The van der Waals surface area contributed by atoms with E-state index in [1.807, 2.05) is 0 Å². The Bertz CT molecular complexity index is 687. The maximum Gasteiger partial charge on any atom is 0.340 e. The van der Waals surface area contributed by atoms with Crippen LogP contribution in [0, 0.1) is 0 Å². The number of benzene rings is 2. The lowest BCUT2D eigenvalue weighted by Crippen LogP contribution is -2.21. The monoisotopic (exact) mass is 319 g/mol. The molecule has 114 valence electrons. The molecule has 0 spiro atoms. The van der Waals surface area contributed by atoms with Crippen molar-refractivity contribution < 1.29 is 19.1 Å². The van der Waals surface area contributed by atoms with Crippen LogP contribution >= 0.6 is 11.6 Å². The fraction of sp³-hybridized carbons (Fsp3) is 0.125. The highest BCUT2D eigenvalue weighted by atomic mass is 35.5. The summed E-state index contributed by atoms with van der Waals surface area (Å²) in [5, 5.41) is 2.89. The first-order valence-electron chi connectivity index (χ1n) is 6.45. The van der Waals surface area contributed by atoms with E-state index in [-0.39, 0.29) is 10.6 Å². The largest absolute Gasteiger partial charge is 0.497 e. The van der Waals surface area contributed by atoms with Gasteiger partial charge in [-0.05, 0) is 24.3 Å². The molecular formula is C16H14ClNO4. The summed E-state index contributed by atoms with van der Waals surface area (Å²) in [5.41, 5.74) is 0.775. The van der Waals surface area contributed by atoms with Gasteiger partial charge in [0, 0.05) is 11.8 Å². The molecule has 1 amide bonds. The molecule has 5 nitrogen and oxygen atoms in total. The van der Waals surface area contributed by atoms with Crippen LogP contribution in [0.3, 0.4) is 0 Å². The summed E-state index contributed by atoms with van der Waals surface area (Å²) in [6.07, 6.45) is 0. The Hall–Kier alpha value is -2.53. The highest BCUT2D eigenvalue weighted by molar-refractivity contribution is 6.33. The number of hydrogen-bond acceptors (Lipinski definition) is 4. The standard InChI is InChI=1S/C16H14ClNO4/c1-21-12-6-4-5-11(9-12)18-15(19)10-22-16(20)13-7-2-3-8-14(13)17/h2-9H,10H2,1H3,(H,18,19). The molecule has 22 heavy (non-hydrogen) atoms. The highest BCUT2D eigenvalue weighted by Gasteiger charge is 2.13. The van der Waals surface area contributed by atoms with Crippen molar-refractivity contribution in [2.45, 2.75) is 0 Å². The molecule has 0 heterocycles. The van der Waals surface area contributed by atoms with Crippen molar-refractivity contribution in [3.8, 4) is 5.75 Å². The van der Waals surface area contributed by atoms with Crippen molar-refractivity contribution in [1.82, 2.24) is 0 Å². The van der Waals surface area contributed by atoms with Gasteiger partial charge in [-0.3, -0.25) is 4.79 Å². The topological polar surface area (TPSA) is 64.6 Å². The lowest BCUT2D eigenvalue weighted by molar-refractivity contribution is -0.119. The first-order valence-corrected chi connectivity index (χ1v) is 6.83. The van der Waals surface area contributed by atoms with E-state index in [2.05, 4.69) is 5.32 Å². The van der Waals surface area contributed by atoms with Crippen LogP contribution in [0.5, 0.6) is 5.75 Å². The third-order valence-electron chi connectivity index (χ3n) is 2.78. The first kappa shape index (κ1) is 15.9. The van der Waals surface area contributed by atoms with Crippen LogP contribution in [0.4, 0.5) is 5.69 Å². The third kappa shape index (κ3) is 4.23. The molecule has 0 unspecified atom stereocenters. The van der Waals surface area contributed by atoms with Gasteiger partial charge in [0.1, 0.15) is 5.75 Å². The summed E-state index contributed by atoms with van der Waals surface area (Å²) in [5.74, 6) is -0.481. The molecule has 2 rings (SSSR count). The van der Waals surface area contributed by atoms with Gasteiger partial charge >= 0.3 is 5.97 Å². The number of amides is 1. The average molecular weight is 320 g/mol. The molecule has 0 aliphatic carbocycles. The van der Waals surface area contributed by atoms with Crippen molar-refractivity contribution >= 4 is 29.2 Å². The second-order valence-corrected chi connectivity index (χ2v) is 4.74. The molecule has 1 N–H and O–H groups in total. The van der Waals surface area contributed by atoms with Gasteiger partial charge < -0.3 is 14.8 Å². The second kappa shape index (κ2) is 7.47. The zero-order chi connectivity index (χ0) is 15.9. The molecule has 0 radical (unpaired) electrons. The normalized spacial score (nSPS) is 9.91. The Morgan fingerprint density at radius 3 is 2.64 bits per heavy atom. The van der Waals surface area contributed by atoms with Crippen LogP contribution in [0.15, 0.2) is 48.5 Å². The van der Waals surface area contributed by atoms with E-state index in [0.29, 0.717) is 11.4 Å². The summed E-state index contributed by atoms with van der Waals surface area (Å²) in [4.78, 5) is 23.6.